The van der Waals surface area contributed by atoms with Gasteiger partial charge in [0, 0.05) is 6.07 Å². The van der Waals surface area contributed by atoms with Gasteiger partial charge in [-0.3, -0.25) is 9.52 Å². The second kappa shape index (κ2) is 4.61. The summed E-state index contributed by atoms with van der Waals surface area (Å²) in [6, 6.07) is 5.84. The molecule has 5 N–H and O–H groups in total. The second-order valence-electron chi connectivity index (χ2n) is 3.63. The Bertz CT molecular complexity index is 749. The van der Waals surface area contributed by atoms with Gasteiger partial charge in [0.1, 0.15) is 5.75 Å². The van der Waals surface area contributed by atoms with Crippen LogP contribution in [-0.2, 0) is 10.0 Å². The van der Waals surface area contributed by atoms with Gasteiger partial charge in [-0.05, 0) is 24.3 Å². The zero-order valence-electron chi connectivity index (χ0n) is 9.49. The Balaban J connectivity index is 2.34. The first-order valence-corrected chi connectivity index (χ1v) is 6.54. The van der Waals surface area contributed by atoms with Gasteiger partial charge < -0.3 is 10.8 Å². The fraction of sp³-hybridized carbons (Fsp3) is 0. The predicted molar refractivity (Wildman–Crippen MR) is 68.2 cm³/mol. The van der Waals surface area contributed by atoms with Gasteiger partial charge in [0.05, 0.1) is 10.6 Å². The maximum absolute atomic E-state index is 12.0. The number of nitrogens with one attached hydrogen (secondary N) is 2. The minimum absolute atomic E-state index is 0.0359. The minimum atomic E-state index is -3.89. The molecule has 0 amide bonds. The fourth-order valence-electron chi connectivity index (χ4n) is 1.30. The van der Waals surface area contributed by atoms with Crippen LogP contribution in [-0.4, -0.2) is 23.7 Å². The van der Waals surface area contributed by atoms with Crippen LogP contribution in [0.25, 0.3) is 0 Å². The number of aromatic hydroxyl groups is 1. The number of hydrogen-bond acceptors (Lipinski definition) is 6. The number of phenols is 1. The Hall–Kier alpha value is -2.55. The lowest BCUT2D eigenvalue weighted by Gasteiger charge is -2.07. The molecule has 100 valence electrons. The quantitative estimate of drug-likeness (QED) is 0.456. The van der Waals surface area contributed by atoms with Gasteiger partial charge in [-0.1, -0.05) is 0 Å². The molecule has 0 bridgehead atoms. The average Bonchev–Trinajstić information content (AvgIpc) is 2.35. The third kappa shape index (κ3) is 2.83. The van der Waals surface area contributed by atoms with Crippen molar-refractivity contribution >= 4 is 21.5 Å². The third-order valence-electron chi connectivity index (χ3n) is 2.23. The van der Waals surface area contributed by atoms with Crippen LogP contribution < -0.4 is 16.0 Å². The normalized spacial score (nSPS) is 11.2. The van der Waals surface area contributed by atoms with E-state index in [0.29, 0.717) is 0 Å². The molecule has 0 unspecified atom stereocenters. The molecule has 0 aliphatic rings. The van der Waals surface area contributed by atoms with E-state index in [4.69, 9.17) is 5.73 Å². The van der Waals surface area contributed by atoms with Crippen molar-refractivity contribution in [1.29, 1.82) is 0 Å². The summed E-state index contributed by atoms with van der Waals surface area (Å²) in [6.07, 6.45) is 0. The largest absolute Gasteiger partial charge is 0.506 e. The van der Waals surface area contributed by atoms with Gasteiger partial charge in [-0.25, -0.2) is 13.5 Å². The van der Waals surface area contributed by atoms with E-state index in [1.54, 1.807) is 0 Å². The first-order valence-electron chi connectivity index (χ1n) is 5.05. The summed E-state index contributed by atoms with van der Waals surface area (Å²) < 4.78 is 26.1. The summed E-state index contributed by atoms with van der Waals surface area (Å²) in [5.74, 6) is -0.243. The highest BCUT2D eigenvalue weighted by Gasteiger charge is 2.16. The number of phenolic OH excluding ortho intramolecular Hbond substituents is 1. The Morgan fingerprint density at radius 3 is 2.58 bits per heavy atom. The van der Waals surface area contributed by atoms with Gasteiger partial charge in [0.25, 0.3) is 15.6 Å². The number of nitrogens with zero attached hydrogens (tertiary/aromatic N) is 1. The SMILES string of the molecule is Nc1cc(S(=O)(=O)Nc2ccc(=O)[nH]n2)ccc1O. The zero-order valence-corrected chi connectivity index (χ0v) is 10.3. The summed E-state index contributed by atoms with van der Waals surface area (Å²) >= 11 is 0. The summed E-state index contributed by atoms with van der Waals surface area (Å²) in [7, 11) is -3.89. The maximum atomic E-state index is 12.0. The van der Waals surface area contributed by atoms with Crippen molar-refractivity contribution in [3.05, 3.63) is 40.7 Å². The number of nitrogen functional groups attached to an aromatic ring is 1. The van der Waals surface area contributed by atoms with Crippen LogP contribution in [0.3, 0.4) is 0 Å². The standard InChI is InChI=1S/C10H10N4O4S/c11-7-5-6(1-2-8(7)15)19(17,18)14-9-3-4-10(16)13-12-9/h1-5,15H,11H2,(H,12,14)(H,13,16). The van der Waals surface area contributed by atoms with Crippen molar-refractivity contribution in [2.24, 2.45) is 0 Å². The molecule has 0 saturated carbocycles. The van der Waals surface area contributed by atoms with Gasteiger partial charge in [0.15, 0.2) is 5.82 Å². The number of aromatic nitrogens is 2. The molecule has 1 aromatic heterocycles. The number of benzene rings is 1. The average molecular weight is 282 g/mol. The highest BCUT2D eigenvalue weighted by molar-refractivity contribution is 7.92. The van der Waals surface area contributed by atoms with Crippen LogP contribution in [0.1, 0.15) is 0 Å². The minimum Gasteiger partial charge on any atom is -0.506 e. The lowest BCUT2D eigenvalue weighted by atomic mass is 10.3. The summed E-state index contributed by atoms with van der Waals surface area (Å²) in [6.45, 7) is 0. The van der Waals surface area contributed by atoms with Gasteiger partial charge >= 0.3 is 0 Å². The molecule has 19 heavy (non-hydrogen) atoms. The molecule has 0 fully saturated rings. The molecular formula is C10H10N4O4S. The molecule has 1 heterocycles. The lowest BCUT2D eigenvalue weighted by Crippen LogP contribution is -2.16. The van der Waals surface area contributed by atoms with Crippen LogP contribution in [0.5, 0.6) is 5.75 Å². The van der Waals surface area contributed by atoms with Gasteiger partial charge in [-0.15, -0.1) is 0 Å². The Kier molecular flexibility index (Phi) is 3.13. The van der Waals surface area contributed by atoms with Gasteiger partial charge in [0.2, 0.25) is 0 Å². The number of anilines is 2. The number of sulfonamides is 1. The van der Waals surface area contributed by atoms with Crippen molar-refractivity contribution < 1.29 is 13.5 Å². The van der Waals surface area contributed by atoms with E-state index in [-0.39, 0.29) is 22.2 Å². The number of nitrogens with two attached hydrogens (primary N) is 1. The molecule has 8 nitrogen and oxygen atoms in total. The van der Waals surface area contributed by atoms with E-state index >= 15 is 0 Å². The molecule has 2 aromatic rings. The highest BCUT2D eigenvalue weighted by atomic mass is 32.2. The molecule has 0 spiro atoms. The molecule has 9 heteroatoms. The van der Waals surface area contributed by atoms with E-state index in [2.05, 4.69) is 14.9 Å². The number of rotatable bonds is 3. The van der Waals surface area contributed by atoms with Crippen LogP contribution in [0, 0.1) is 0 Å². The Morgan fingerprint density at radius 2 is 2.00 bits per heavy atom. The molecule has 1 aromatic carbocycles. The van der Waals surface area contributed by atoms with Crippen LogP contribution >= 0.6 is 0 Å². The van der Waals surface area contributed by atoms with Crippen LogP contribution in [0.15, 0.2) is 40.0 Å². The van der Waals surface area contributed by atoms with Crippen molar-refractivity contribution in [2.75, 3.05) is 10.5 Å². The number of aromatic amines is 1. The van der Waals surface area contributed by atoms with E-state index in [1.807, 2.05) is 0 Å². The summed E-state index contributed by atoms with van der Waals surface area (Å²) in [5, 5.41) is 14.9. The van der Waals surface area contributed by atoms with Crippen molar-refractivity contribution in [2.45, 2.75) is 4.90 Å². The highest BCUT2D eigenvalue weighted by Crippen LogP contribution is 2.24. The van der Waals surface area contributed by atoms with Crippen LogP contribution in [0.4, 0.5) is 11.5 Å². The smallest absolute Gasteiger partial charge is 0.264 e. The second-order valence-corrected chi connectivity index (χ2v) is 5.31. The summed E-state index contributed by atoms with van der Waals surface area (Å²) in [4.78, 5) is 10.7. The molecule has 0 radical (unpaired) electrons. The van der Waals surface area contributed by atoms with E-state index < -0.39 is 15.6 Å². The molecule has 0 aliphatic heterocycles. The number of hydrogen-bond donors (Lipinski definition) is 4. The Morgan fingerprint density at radius 1 is 1.26 bits per heavy atom. The fourth-order valence-corrected chi connectivity index (χ4v) is 2.33. The first-order chi connectivity index (χ1) is 8.88. The molecular weight excluding hydrogens is 272 g/mol. The lowest BCUT2D eigenvalue weighted by molar-refractivity contribution is 0.477. The monoisotopic (exact) mass is 282 g/mol. The molecule has 0 atom stereocenters. The molecule has 0 aliphatic carbocycles. The van der Waals surface area contributed by atoms with Crippen molar-refractivity contribution in [1.82, 2.24) is 10.2 Å². The Labute approximate surface area is 108 Å². The molecule has 2 rings (SSSR count). The predicted octanol–water partition coefficient (Wildman–Crippen LogP) is -0.142. The van der Waals surface area contributed by atoms with Crippen molar-refractivity contribution in [3.63, 3.8) is 0 Å². The van der Waals surface area contributed by atoms with Crippen molar-refractivity contribution in [3.8, 4) is 5.75 Å². The topological polar surface area (TPSA) is 138 Å². The van der Waals surface area contributed by atoms with Gasteiger partial charge in [-0.2, -0.15) is 5.10 Å². The van der Waals surface area contributed by atoms with E-state index in [9.17, 15) is 18.3 Å². The van der Waals surface area contributed by atoms with E-state index in [1.165, 1.54) is 18.2 Å². The number of H-pyrrole nitrogens is 1. The third-order valence-corrected chi connectivity index (χ3v) is 3.58. The van der Waals surface area contributed by atoms with Crippen LogP contribution in [0.2, 0.25) is 0 Å². The molecule has 0 saturated heterocycles. The maximum Gasteiger partial charge on any atom is 0.264 e. The first kappa shape index (κ1) is 12.9. The zero-order chi connectivity index (χ0) is 14.0. The van der Waals surface area contributed by atoms with E-state index in [0.717, 1.165) is 12.1 Å². The summed E-state index contributed by atoms with van der Waals surface area (Å²) in [5.41, 5.74) is 4.92.